The summed E-state index contributed by atoms with van der Waals surface area (Å²) in [6.07, 6.45) is 0. The zero-order valence-electron chi connectivity index (χ0n) is 10.2. The molecule has 19 heavy (non-hydrogen) atoms. The van der Waals surface area contributed by atoms with Gasteiger partial charge in [0.05, 0.1) is 4.90 Å². The lowest BCUT2D eigenvalue weighted by Gasteiger charge is -2.05. The molecule has 1 rings (SSSR count). The number of rotatable bonds is 5. The molecule has 0 aliphatic heterocycles. The van der Waals surface area contributed by atoms with E-state index in [-0.39, 0.29) is 11.5 Å². The third kappa shape index (κ3) is 4.62. The molecule has 6 nitrogen and oxygen atoms in total. The van der Waals surface area contributed by atoms with Gasteiger partial charge in [0.2, 0.25) is 0 Å². The maximum atomic E-state index is 11.7. The molecule has 0 spiro atoms. The van der Waals surface area contributed by atoms with E-state index in [9.17, 15) is 13.2 Å². The minimum absolute atomic E-state index is 0.0231. The average Bonchev–Trinajstić information content (AvgIpc) is 2.39. The third-order valence-electron chi connectivity index (χ3n) is 2.12. The van der Waals surface area contributed by atoms with E-state index < -0.39 is 21.5 Å². The maximum Gasteiger partial charge on any atom is 0.258 e. The van der Waals surface area contributed by atoms with E-state index in [1.54, 1.807) is 6.92 Å². The van der Waals surface area contributed by atoms with Crippen LogP contribution < -0.4 is 10.2 Å². The lowest BCUT2D eigenvalue weighted by Crippen LogP contribution is -2.27. The highest BCUT2D eigenvalue weighted by Crippen LogP contribution is 2.16. The van der Waals surface area contributed by atoms with E-state index in [4.69, 9.17) is 9.94 Å². The summed E-state index contributed by atoms with van der Waals surface area (Å²) >= 11 is 0. The second-order valence-electron chi connectivity index (χ2n) is 3.48. The molecule has 0 aliphatic rings. The minimum atomic E-state index is -3.77. The van der Waals surface area contributed by atoms with Crippen LogP contribution in [0.4, 0.5) is 0 Å². The molecule has 0 aromatic heterocycles. The fourth-order valence-electron chi connectivity index (χ4n) is 1.22. The number of carbonyl (C=O) groups is 1. The quantitative estimate of drug-likeness (QED) is 0.462. The molecular weight excluding hydrogens is 270 g/mol. The van der Waals surface area contributed by atoms with Crippen molar-refractivity contribution in [2.24, 2.45) is 0 Å². The number of carbonyl (C=O) groups excluding carboxylic acids is 1. The lowest BCUT2D eigenvalue weighted by molar-refractivity contribution is -0.126. The van der Waals surface area contributed by atoms with Crippen LogP contribution in [0.5, 0.6) is 5.75 Å². The molecule has 0 bridgehead atoms. The van der Waals surface area contributed by atoms with Crippen LogP contribution in [0, 0.1) is 11.8 Å². The molecule has 1 aromatic rings. The maximum absolute atomic E-state index is 11.7. The number of amides is 1. The van der Waals surface area contributed by atoms with Gasteiger partial charge in [0.25, 0.3) is 5.91 Å². The topological polar surface area (TPSA) is 92.7 Å². The summed E-state index contributed by atoms with van der Waals surface area (Å²) in [4.78, 5) is 10.8. The van der Waals surface area contributed by atoms with Gasteiger partial charge in [-0.05, 0) is 31.2 Å². The lowest BCUT2D eigenvalue weighted by atomic mass is 10.3. The smallest absolute Gasteiger partial charge is 0.258 e. The summed E-state index contributed by atoms with van der Waals surface area (Å²) in [6.45, 7) is 1.90. The number of sulfone groups is 1. The number of nitrogens with one attached hydrogen (secondary N) is 1. The number of hydrogen-bond donors (Lipinski definition) is 2. The molecule has 102 valence electrons. The highest BCUT2D eigenvalue weighted by atomic mass is 32.2. The summed E-state index contributed by atoms with van der Waals surface area (Å²) in [5.41, 5.74) is 1.28. The molecule has 1 aromatic carbocycles. The number of benzene rings is 1. The van der Waals surface area contributed by atoms with Crippen molar-refractivity contribution in [1.82, 2.24) is 5.48 Å². The largest absolute Gasteiger partial charge is 0.481 e. The van der Waals surface area contributed by atoms with Gasteiger partial charge in [-0.1, -0.05) is 5.92 Å². The molecule has 0 saturated carbocycles. The Morgan fingerprint density at radius 1 is 1.37 bits per heavy atom. The third-order valence-corrected chi connectivity index (χ3v) is 3.75. The first-order chi connectivity index (χ1) is 8.99. The fraction of sp³-hybridized carbons (Fsp3) is 0.250. The Kier molecular flexibility index (Phi) is 5.36. The van der Waals surface area contributed by atoms with Gasteiger partial charge in [-0.3, -0.25) is 10.0 Å². The molecule has 0 aliphatic carbocycles. The van der Waals surface area contributed by atoms with Crippen LogP contribution in [0.25, 0.3) is 0 Å². The Bertz CT molecular complexity index is 595. The van der Waals surface area contributed by atoms with E-state index in [1.165, 1.54) is 29.7 Å². The molecular formula is C12H13NO5S. The second-order valence-corrected chi connectivity index (χ2v) is 5.47. The van der Waals surface area contributed by atoms with E-state index in [0.717, 1.165) is 0 Å². The van der Waals surface area contributed by atoms with E-state index in [0.29, 0.717) is 5.75 Å². The first-order valence-corrected chi connectivity index (χ1v) is 6.93. The van der Waals surface area contributed by atoms with Crippen LogP contribution in [-0.4, -0.2) is 31.9 Å². The van der Waals surface area contributed by atoms with E-state index >= 15 is 0 Å². The monoisotopic (exact) mass is 283 g/mol. The molecule has 1 amide bonds. The van der Waals surface area contributed by atoms with Gasteiger partial charge in [-0.2, -0.15) is 0 Å². The van der Waals surface area contributed by atoms with Gasteiger partial charge < -0.3 is 4.74 Å². The van der Waals surface area contributed by atoms with Gasteiger partial charge >= 0.3 is 0 Å². The molecule has 0 radical (unpaired) electrons. The summed E-state index contributed by atoms with van der Waals surface area (Å²) < 4.78 is 28.7. The Balaban J connectivity index is 2.79. The van der Waals surface area contributed by atoms with Crippen LogP contribution in [0.2, 0.25) is 0 Å². The molecule has 2 N–H and O–H groups in total. The van der Waals surface area contributed by atoms with Crippen molar-refractivity contribution in [2.75, 3.05) is 12.4 Å². The SMILES string of the molecule is CC#CCOc1ccc(S(=O)(=O)CC(=O)NO)cc1. The van der Waals surface area contributed by atoms with E-state index in [2.05, 4.69) is 11.8 Å². The molecule has 0 unspecified atom stereocenters. The van der Waals surface area contributed by atoms with Gasteiger partial charge in [-0.15, -0.1) is 5.92 Å². The predicted molar refractivity (Wildman–Crippen MR) is 67.4 cm³/mol. The van der Waals surface area contributed by atoms with E-state index in [1.807, 2.05) is 0 Å². The van der Waals surface area contributed by atoms with Gasteiger partial charge in [-0.25, -0.2) is 13.9 Å². The summed E-state index contributed by atoms with van der Waals surface area (Å²) in [5, 5.41) is 8.31. The molecule has 0 atom stereocenters. The second kappa shape index (κ2) is 6.78. The normalized spacial score (nSPS) is 10.2. The van der Waals surface area contributed by atoms with Crippen LogP contribution in [-0.2, 0) is 14.6 Å². The molecule has 0 fully saturated rings. The highest BCUT2D eigenvalue weighted by molar-refractivity contribution is 7.92. The van der Waals surface area contributed by atoms with Crippen LogP contribution in [0.15, 0.2) is 29.2 Å². The average molecular weight is 283 g/mol. The summed E-state index contributed by atoms with van der Waals surface area (Å²) in [5.74, 6) is 4.04. The Hall–Kier alpha value is -2.04. The standard InChI is InChI=1S/C12H13NO5S/c1-2-3-8-18-10-4-6-11(7-5-10)19(16,17)9-12(14)13-15/h4-7,15H,8-9H2,1H3,(H,13,14). The zero-order chi connectivity index (χ0) is 14.3. The highest BCUT2D eigenvalue weighted by Gasteiger charge is 2.18. The van der Waals surface area contributed by atoms with Crippen molar-refractivity contribution in [3.05, 3.63) is 24.3 Å². The van der Waals surface area contributed by atoms with Crippen molar-refractivity contribution < 1.29 is 23.2 Å². The van der Waals surface area contributed by atoms with Crippen molar-refractivity contribution >= 4 is 15.7 Å². The molecule has 0 saturated heterocycles. The Morgan fingerprint density at radius 2 is 2.00 bits per heavy atom. The Morgan fingerprint density at radius 3 is 2.53 bits per heavy atom. The number of hydroxylamine groups is 1. The summed E-state index contributed by atoms with van der Waals surface area (Å²) in [6, 6.07) is 5.60. The summed E-state index contributed by atoms with van der Waals surface area (Å²) in [7, 11) is -3.77. The van der Waals surface area contributed by atoms with Crippen LogP contribution in [0.1, 0.15) is 6.92 Å². The van der Waals surface area contributed by atoms with Crippen molar-refractivity contribution in [3.63, 3.8) is 0 Å². The number of hydrogen-bond acceptors (Lipinski definition) is 5. The van der Waals surface area contributed by atoms with Crippen molar-refractivity contribution in [2.45, 2.75) is 11.8 Å². The van der Waals surface area contributed by atoms with Gasteiger partial charge in [0, 0.05) is 0 Å². The van der Waals surface area contributed by atoms with Crippen LogP contribution >= 0.6 is 0 Å². The zero-order valence-corrected chi connectivity index (χ0v) is 11.0. The first kappa shape index (κ1) is 15.0. The molecule has 0 heterocycles. The van der Waals surface area contributed by atoms with Gasteiger partial charge in [0.1, 0.15) is 18.1 Å². The Labute approximate surface area is 111 Å². The van der Waals surface area contributed by atoms with Crippen molar-refractivity contribution in [3.8, 4) is 17.6 Å². The molecule has 7 heteroatoms. The van der Waals surface area contributed by atoms with Crippen molar-refractivity contribution in [1.29, 1.82) is 0 Å². The fourth-order valence-corrected chi connectivity index (χ4v) is 2.35. The van der Waals surface area contributed by atoms with Crippen LogP contribution in [0.3, 0.4) is 0 Å². The minimum Gasteiger partial charge on any atom is -0.481 e. The van der Waals surface area contributed by atoms with Gasteiger partial charge in [0.15, 0.2) is 9.84 Å². The predicted octanol–water partition coefficient (Wildman–Crippen LogP) is 0.368. The number of ether oxygens (including phenoxy) is 1. The first-order valence-electron chi connectivity index (χ1n) is 5.28.